The van der Waals surface area contributed by atoms with Gasteiger partial charge in [0.1, 0.15) is 5.78 Å². The minimum absolute atomic E-state index is 0.0473. The number of ketones is 1. The minimum Gasteiger partial charge on any atom is -0.481 e. The molecular weight excluding hydrogens is 144 g/mol. The molecule has 0 saturated heterocycles. The van der Waals surface area contributed by atoms with Gasteiger partial charge in [-0.05, 0) is 19.3 Å². The predicted molar refractivity (Wildman–Crippen MR) is 39.2 cm³/mol. The first kappa shape index (κ1) is 8.24. The molecule has 0 radical (unpaired) electrons. The van der Waals surface area contributed by atoms with Crippen molar-refractivity contribution in [2.45, 2.75) is 32.1 Å². The zero-order valence-corrected chi connectivity index (χ0v) is 6.38. The smallest absolute Gasteiger partial charge is 0.303 e. The van der Waals surface area contributed by atoms with Gasteiger partial charge in [0.05, 0.1) is 0 Å². The van der Waals surface area contributed by atoms with E-state index in [1.165, 1.54) is 0 Å². The van der Waals surface area contributed by atoms with Crippen LogP contribution in [0.1, 0.15) is 32.1 Å². The van der Waals surface area contributed by atoms with Crippen molar-refractivity contribution in [1.29, 1.82) is 0 Å². The molecule has 1 fully saturated rings. The van der Waals surface area contributed by atoms with Crippen molar-refractivity contribution in [3.63, 3.8) is 0 Å². The Morgan fingerprint density at radius 1 is 1.64 bits per heavy atom. The van der Waals surface area contributed by atoms with E-state index in [4.69, 9.17) is 5.11 Å². The van der Waals surface area contributed by atoms with Crippen molar-refractivity contribution in [2.24, 2.45) is 5.92 Å². The average Bonchev–Trinajstić information content (AvgIpc) is 2.31. The summed E-state index contributed by atoms with van der Waals surface area (Å²) in [5.41, 5.74) is 0. The van der Waals surface area contributed by atoms with Gasteiger partial charge in [0.2, 0.25) is 0 Å². The van der Waals surface area contributed by atoms with Crippen LogP contribution in [0.15, 0.2) is 0 Å². The number of carbonyl (C=O) groups excluding carboxylic acids is 1. The summed E-state index contributed by atoms with van der Waals surface area (Å²) in [5.74, 6) is -0.498. The molecule has 1 N–H and O–H groups in total. The zero-order valence-electron chi connectivity index (χ0n) is 6.38. The van der Waals surface area contributed by atoms with Gasteiger partial charge in [-0.2, -0.15) is 0 Å². The van der Waals surface area contributed by atoms with E-state index in [1.54, 1.807) is 0 Å². The van der Waals surface area contributed by atoms with Crippen LogP contribution in [0, 0.1) is 5.92 Å². The van der Waals surface area contributed by atoms with E-state index >= 15 is 0 Å². The van der Waals surface area contributed by atoms with Crippen molar-refractivity contribution >= 4 is 11.8 Å². The number of carboxylic acid groups (broad SMARTS) is 1. The molecule has 0 spiro atoms. The largest absolute Gasteiger partial charge is 0.481 e. The molecule has 0 aromatic heterocycles. The van der Waals surface area contributed by atoms with Crippen LogP contribution in [0.2, 0.25) is 0 Å². The highest BCUT2D eigenvalue weighted by Crippen LogP contribution is 2.25. The summed E-state index contributed by atoms with van der Waals surface area (Å²) in [5, 5.41) is 8.35. The van der Waals surface area contributed by atoms with Crippen molar-refractivity contribution in [3.8, 4) is 0 Å². The van der Waals surface area contributed by atoms with Crippen LogP contribution in [0.4, 0.5) is 0 Å². The lowest BCUT2D eigenvalue weighted by atomic mass is 10.0. The quantitative estimate of drug-likeness (QED) is 0.668. The van der Waals surface area contributed by atoms with Crippen LogP contribution in [-0.2, 0) is 9.59 Å². The number of carbonyl (C=O) groups is 2. The van der Waals surface area contributed by atoms with Crippen LogP contribution in [0.25, 0.3) is 0 Å². The Balaban J connectivity index is 2.26. The first-order valence-corrected chi connectivity index (χ1v) is 3.94. The van der Waals surface area contributed by atoms with Crippen LogP contribution in [0.3, 0.4) is 0 Å². The minimum atomic E-state index is -0.801. The molecule has 1 atom stereocenters. The van der Waals surface area contributed by atoms with Crippen LogP contribution >= 0.6 is 0 Å². The van der Waals surface area contributed by atoms with Crippen LogP contribution < -0.4 is 0 Å². The fourth-order valence-corrected chi connectivity index (χ4v) is 1.49. The molecule has 3 nitrogen and oxygen atoms in total. The Kier molecular flexibility index (Phi) is 2.63. The Labute approximate surface area is 65.4 Å². The second kappa shape index (κ2) is 3.51. The lowest BCUT2D eigenvalue weighted by Gasteiger charge is -2.03. The highest BCUT2D eigenvalue weighted by Gasteiger charge is 2.24. The Morgan fingerprint density at radius 3 is 2.82 bits per heavy atom. The van der Waals surface area contributed by atoms with Gasteiger partial charge in [0.15, 0.2) is 0 Å². The average molecular weight is 156 g/mol. The summed E-state index contributed by atoms with van der Waals surface area (Å²) >= 11 is 0. The van der Waals surface area contributed by atoms with Crippen LogP contribution in [0.5, 0.6) is 0 Å². The summed E-state index contributed by atoms with van der Waals surface area (Å²) in [6.45, 7) is 0. The fraction of sp³-hybridized carbons (Fsp3) is 0.750. The lowest BCUT2D eigenvalue weighted by molar-refractivity contribution is -0.137. The molecule has 1 saturated carbocycles. The number of rotatable bonds is 3. The normalized spacial score (nSPS) is 24.0. The number of hydrogen-bond acceptors (Lipinski definition) is 2. The maximum atomic E-state index is 11.0. The van der Waals surface area contributed by atoms with Gasteiger partial charge in [-0.1, -0.05) is 0 Å². The molecule has 0 amide bonds. The van der Waals surface area contributed by atoms with Crippen molar-refractivity contribution in [1.82, 2.24) is 0 Å². The standard InChI is InChI=1S/C8H12O3/c9-7-3-1-2-6(7)4-5-8(10)11/h6H,1-5H2,(H,10,11). The molecule has 0 aromatic carbocycles. The summed E-state index contributed by atoms with van der Waals surface area (Å²) < 4.78 is 0. The Bertz CT molecular complexity index is 174. The molecule has 62 valence electrons. The van der Waals surface area contributed by atoms with Gasteiger partial charge in [-0.3, -0.25) is 9.59 Å². The molecule has 0 aromatic rings. The van der Waals surface area contributed by atoms with E-state index in [0.717, 1.165) is 12.8 Å². The van der Waals surface area contributed by atoms with Gasteiger partial charge < -0.3 is 5.11 Å². The van der Waals surface area contributed by atoms with Crippen molar-refractivity contribution in [2.75, 3.05) is 0 Å². The number of carboxylic acids is 1. The first-order valence-electron chi connectivity index (χ1n) is 3.94. The Morgan fingerprint density at radius 2 is 2.36 bits per heavy atom. The second-order valence-electron chi connectivity index (χ2n) is 2.99. The first-order chi connectivity index (χ1) is 5.20. The maximum Gasteiger partial charge on any atom is 0.303 e. The fourth-order valence-electron chi connectivity index (χ4n) is 1.49. The van der Waals surface area contributed by atoms with Gasteiger partial charge in [-0.15, -0.1) is 0 Å². The van der Waals surface area contributed by atoms with E-state index < -0.39 is 5.97 Å². The van der Waals surface area contributed by atoms with Gasteiger partial charge in [0, 0.05) is 18.8 Å². The second-order valence-corrected chi connectivity index (χ2v) is 2.99. The van der Waals surface area contributed by atoms with Gasteiger partial charge in [-0.25, -0.2) is 0 Å². The number of aliphatic carboxylic acids is 1. The lowest BCUT2D eigenvalue weighted by Crippen LogP contribution is -2.08. The van der Waals surface area contributed by atoms with E-state index in [2.05, 4.69) is 0 Å². The van der Waals surface area contributed by atoms with Gasteiger partial charge >= 0.3 is 5.97 Å². The molecule has 1 unspecified atom stereocenters. The molecule has 0 bridgehead atoms. The molecule has 3 heteroatoms. The molecule has 1 aliphatic rings. The predicted octanol–water partition coefficient (Wildman–Crippen LogP) is 1.22. The number of hydrogen-bond donors (Lipinski definition) is 1. The molecule has 0 aliphatic heterocycles. The molecule has 11 heavy (non-hydrogen) atoms. The summed E-state index contributed by atoms with van der Waals surface area (Å²) in [6.07, 6.45) is 3.17. The maximum absolute atomic E-state index is 11.0. The van der Waals surface area contributed by atoms with E-state index in [-0.39, 0.29) is 18.1 Å². The summed E-state index contributed by atoms with van der Waals surface area (Å²) in [4.78, 5) is 21.1. The third-order valence-electron chi connectivity index (χ3n) is 2.14. The molecule has 1 aliphatic carbocycles. The van der Waals surface area contributed by atoms with Crippen LogP contribution in [-0.4, -0.2) is 16.9 Å². The van der Waals surface area contributed by atoms with Gasteiger partial charge in [0.25, 0.3) is 0 Å². The topological polar surface area (TPSA) is 54.4 Å². The van der Waals surface area contributed by atoms with E-state index in [0.29, 0.717) is 12.8 Å². The van der Waals surface area contributed by atoms with Crippen molar-refractivity contribution < 1.29 is 14.7 Å². The van der Waals surface area contributed by atoms with Crippen molar-refractivity contribution in [3.05, 3.63) is 0 Å². The molecular formula is C8H12O3. The summed E-state index contributed by atoms with van der Waals surface area (Å²) in [7, 11) is 0. The Hall–Kier alpha value is -0.860. The SMILES string of the molecule is O=C(O)CCC1CCCC1=O. The third kappa shape index (κ3) is 2.33. The highest BCUT2D eigenvalue weighted by molar-refractivity contribution is 5.83. The highest BCUT2D eigenvalue weighted by atomic mass is 16.4. The number of Topliss-reactive ketones (excluding diaryl/α,β-unsaturated/α-hetero) is 1. The van der Waals surface area contributed by atoms with E-state index in [1.807, 2.05) is 0 Å². The molecule has 0 heterocycles. The molecule has 1 rings (SSSR count). The monoisotopic (exact) mass is 156 g/mol. The van der Waals surface area contributed by atoms with E-state index in [9.17, 15) is 9.59 Å². The summed E-state index contributed by atoms with van der Waals surface area (Å²) in [6, 6.07) is 0. The third-order valence-corrected chi connectivity index (χ3v) is 2.14. The zero-order chi connectivity index (χ0) is 8.27.